The second-order valence-corrected chi connectivity index (χ2v) is 6.85. The number of carbonyl (C=O) groups is 1. The number of rotatable bonds is 9. The molecule has 0 aliphatic rings. The number of nitrogens with one attached hydrogen (secondary N) is 1. The van der Waals surface area contributed by atoms with Gasteiger partial charge in [0, 0.05) is 17.7 Å². The molecule has 0 atom stereocenters. The van der Waals surface area contributed by atoms with Crippen LogP contribution >= 0.6 is 11.8 Å². The monoisotopic (exact) mass is 446 g/mol. The minimum atomic E-state index is -0.558. The molecule has 1 aromatic heterocycles. The van der Waals surface area contributed by atoms with Crippen molar-refractivity contribution in [2.75, 3.05) is 32.4 Å². The molecule has 0 saturated carbocycles. The fraction of sp³-hybridized carbons (Fsp3) is 0.211. The van der Waals surface area contributed by atoms with Gasteiger partial charge in [-0.3, -0.25) is 14.9 Å². The van der Waals surface area contributed by atoms with Gasteiger partial charge in [-0.15, -0.1) is 10.2 Å². The molecule has 0 aliphatic heterocycles. The Morgan fingerprint density at radius 3 is 2.45 bits per heavy atom. The third kappa shape index (κ3) is 5.22. The van der Waals surface area contributed by atoms with E-state index in [0.29, 0.717) is 22.8 Å². The summed E-state index contributed by atoms with van der Waals surface area (Å²) >= 11 is 1.02. The van der Waals surface area contributed by atoms with Gasteiger partial charge in [-0.05, 0) is 24.3 Å². The molecule has 1 amide bonds. The molecule has 0 unspecified atom stereocenters. The summed E-state index contributed by atoms with van der Waals surface area (Å²) in [6.07, 6.45) is 0. The number of hydrogen-bond acceptors (Lipinski definition) is 10. The third-order valence-electron chi connectivity index (χ3n) is 4.03. The average molecular weight is 446 g/mol. The number of ether oxygens (including phenoxy) is 3. The van der Waals surface area contributed by atoms with Gasteiger partial charge in [-0.2, -0.15) is 0 Å². The lowest BCUT2D eigenvalue weighted by Crippen LogP contribution is -2.14. The Balaban J connectivity index is 1.65. The van der Waals surface area contributed by atoms with Gasteiger partial charge >= 0.3 is 0 Å². The van der Waals surface area contributed by atoms with Gasteiger partial charge in [0.1, 0.15) is 5.75 Å². The number of benzene rings is 2. The van der Waals surface area contributed by atoms with Crippen molar-refractivity contribution in [2.45, 2.75) is 5.22 Å². The van der Waals surface area contributed by atoms with Crippen molar-refractivity contribution >= 4 is 29.0 Å². The molecule has 0 spiro atoms. The summed E-state index contributed by atoms with van der Waals surface area (Å²) < 4.78 is 21.2. The van der Waals surface area contributed by atoms with Crippen LogP contribution in [0.1, 0.15) is 0 Å². The van der Waals surface area contributed by atoms with Crippen LogP contribution in [0, 0.1) is 10.1 Å². The zero-order valence-electron chi connectivity index (χ0n) is 16.8. The van der Waals surface area contributed by atoms with E-state index in [1.807, 2.05) is 0 Å². The van der Waals surface area contributed by atoms with E-state index in [2.05, 4.69) is 15.5 Å². The molecule has 31 heavy (non-hydrogen) atoms. The maximum absolute atomic E-state index is 12.3. The Morgan fingerprint density at radius 1 is 1.06 bits per heavy atom. The van der Waals surface area contributed by atoms with E-state index in [-0.39, 0.29) is 28.2 Å². The molecule has 1 N–H and O–H groups in total. The lowest BCUT2D eigenvalue weighted by Gasteiger charge is -2.09. The number of carbonyl (C=O) groups excluding carboxylic acids is 1. The largest absolute Gasteiger partial charge is 0.495 e. The number of thioether (sulfide) groups is 1. The highest BCUT2D eigenvalue weighted by Gasteiger charge is 2.16. The molecule has 3 aromatic rings. The van der Waals surface area contributed by atoms with Crippen molar-refractivity contribution in [3.63, 3.8) is 0 Å². The van der Waals surface area contributed by atoms with E-state index in [4.69, 9.17) is 18.6 Å². The summed E-state index contributed by atoms with van der Waals surface area (Å²) in [5.41, 5.74) is 0.654. The van der Waals surface area contributed by atoms with Crippen LogP contribution in [0.4, 0.5) is 11.4 Å². The molecule has 0 saturated heterocycles. The highest BCUT2D eigenvalue weighted by Crippen LogP contribution is 2.33. The van der Waals surface area contributed by atoms with Crippen molar-refractivity contribution in [3.05, 3.63) is 46.5 Å². The number of non-ortho nitro benzene ring substituents is 1. The maximum Gasteiger partial charge on any atom is 0.277 e. The molecule has 0 aliphatic carbocycles. The predicted molar refractivity (Wildman–Crippen MR) is 112 cm³/mol. The molecular formula is C19H18N4O7S. The first kappa shape index (κ1) is 21.9. The summed E-state index contributed by atoms with van der Waals surface area (Å²) in [5, 5.41) is 21.6. The quantitative estimate of drug-likeness (QED) is 0.295. The second-order valence-electron chi connectivity index (χ2n) is 5.92. The lowest BCUT2D eigenvalue weighted by atomic mass is 10.2. The highest BCUT2D eigenvalue weighted by atomic mass is 32.2. The van der Waals surface area contributed by atoms with Crippen LogP contribution in [0.2, 0.25) is 0 Å². The van der Waals surface area contributed by atoms with Crippen molar-refractivity contribution in [2.24, 2.45) is 0 Å². The molecule has 162 valence electrons. The Kier molecular flexibility index (Phi) is 6.92. The van der Waals surface area contributed by atoms with Crippen LogP contribution in [0.25, 0.3) is 11.5 Å². The predicted octanol–water partition coefficient (Wildman–Crippen LogP) is 3.40. The summed E-state index contributed by atoms with van der Waals surface area (Å²) in [6.45, 7) is 0. The summed E-state index contributed by atoms with van der Waals surface area (Å²) in [4.78, 5) is 22.7. The van der Waals surface area contributed by atoms with Gasteiger partial charge in [0.2, 0.25) is 11.8 Å². The molecule has 12 heteroatoms. The van der Waals surface area contributed by atoms with E-state index in [1.165, 1.54) is 39.5 Å². The average Bonchev–Trinajstić information content (AvgIpc) is 3.26. The smallest absolute Gasteiger partial charge is 0.277 e. The number of nitrogens with zero attached hydrogens (tertiary/aromatic N) is 3. The van der Waals surface area contributed by atoms with Gasteiger partial charge in [0.15, 0.2) is 11.5 Å². The molecule has 1 heterocycles. The van der Waals surface area contributed by atoms with Gasteiger partial charge < -0.3 is 23.9 Å². The van der Waals surface area contributed by atoms with Crippen molar-refractivity contribution in [1.82, 2.24) is 10.2 Å². The molecule has 11 nitrogen and oxygen atoms in total. The van der Waals surface area contributed by atoms with E-state index in [1.54, 1.807) is 18.2 Å². The topological polar surface area (TPSA) is 139 Å². The number of hydrogen-bond donors (Lipinski definition) is 1. The molecule has 3 rings (SSSR count). The zero-order chi connectivity index (χ0) is 22.4. The van der Waals surface area contributed by atoms with Gasteiger partial charge in [0.25, 0.3) is 10.9 Å². The van der Waals surface area contributed by atoms with Crippen molar-refractivity contribution in [3.8, 4) is 28.7 Å². The van der Waals surface area contributed by atoms with E-state index < -0.39 is 10.8 Å². The Labute approximate surface area is 180 Å². The van der Waals surface area contributed by atoms with Crippen LogP contribution < -0.4 is 19.5 Å². The number of amides is 1. The van der Waals surface area contributed by atoms with E-state index >= 15 is 0 Å². The van der Waals surface area contributed by atoms with E-state index in [0.717, 1.165) is 11.8 Å². The lowest BCUT2D eigenvalue weighted by molar-refractivity contribution is -0.384. The number of nitro groups is 1. The zero-order valence-corrected chi connectivity index (χ0v) is 17.6. The van der Waals surface area contributed by atoms with Crippen LogP contribution in [-0.2, 0) is 4.79 Å². The Bertz CT molecular complexity index is 1100. The molecular weight excluding hydrogens is 428 g/mol. The summed E-state index contributed by atoms with van der Waals surface area (Å²) in [6, 6.07) is 9.08. The normalized spacial score (nSPS) is 10.4. The first-order valence-corrected chi connectivity index (χ1v) is 9.74. The number of aromatic nitrogens is 2. The third-order valence-corrected chi connectivity index (χ3v) is 4.85. The first-order valence-electron chi connectivity index (χ1n) is 8.76. The standard InChI is InChI=1S/C19H18N4O7S/c1-27-14-7-5-12(23(25)26)9-13(14)20-17(24)10-31-19-22-21-18(30-19)11-4-6-15(28-2)16(8-11)29-3/h4-9H,10H2,1-3H3,(H,20,24). The molecule has 2 aromatic carbocycles. The minimum absolute atomic E-state index is 0.0561. The van der Waals surface area contributed by atoms with Crippen molar-refractivity contribution < 1.29 is 28.3 Å². The summed E-state index contributed by atoms with van der Waals surface area (Å²) in [7, 11) is 4.46. The van der Waals surface area contributed by atoms with Crippen LogP contribution in [0.5, 0.6) is 17.2 Å². The SMILES string of the molecule is COc1ccc([N+](=O)[O-])cc1NC(=O)CSc1nnc(-c2ccc(OC)c(OC)c2)o1. The summed E-state index contributed by atoms with van der Waals surface area (Å²) in [5.74, 6) is 1.15. The molecule has 0 radical (unpaired) electrons. The molecule has 0 fully saturated rings. The number of anilines is 1. The van der Waals surface area contributed by atoms with Gasteiger partial charge in [-0.1, -0.05) is 11.8 Å². The van der Waals surface area contributed by atoms with Gasteiger partial charge in [-0.25, -0.2) is 0 Å². The van der Waals surface area contributed by atoms with Crippen LogP contribution in [0.3, 0.4) is 0 Å². The van der Waals surface area contributed by atoms with Crippen LogP contribution in [-0.4, -0.2) is 48.1 Å². The number of nitro benzene ring substituents is 1. The van der Waals surface area contributed by atoms with Crippen LogP contribution in [0.15, 0.2) is 46.0 Å². The minimum Gasteiger partial charge on any atom is -0.495 e. The molecule has 0 bridgehead atoms. The fourth-order valence-electron chi connectivity index (χ4n) is 2.57. The highest BCUT2D eigenvalue weighted by molar-refractivity contribution is 7.99. The van der Waals surface area contributed by atoms with E-state index in [9.17, 15) is 14.9 Å². The Hall–Kier alpha value is -3.80. The maximum atomic E-state index is 12.3. The fourth-order valence-corrected chi connectivity index (χ4v) is 3.14. The number of methoxy groups -OCH3 is 3. The second kappa shape index (κ2) is 9.80. The van der Waals surface area contributed by atoms with Crippen molar-refractivity contribution in [1.29, 1.82) is 0 Å². The van der Waals surface area contributed by atoms with Gasteiger partial charge in [0.05, 0.1) is 37.7 Å². The first-order chi connectivity index (χ1) is 14.9. The Morgan fingerprint density at radius 2 is 1.77 bits per heavy atom.